The molecule has 0 bridgehead atoms. The van der Waals surface area contributed by atoms with Gasteiger partial charge in [0.1, 0.15) is 11.9 Å². The van der Waals surface area contributed by atoms with Crippen LogP contribution in [0.3, 0.4) is 0 Å². The summed E-state index contributed by atoms with van der Waals surface area (Å²) in [6, 6.07) is 7.17. The molecule has 0 unspecified atom stereocenters. The van der Waals surface area contributed by atoms with Crippen LogP contribution in [0.5, 0.6) is 0 Å². The lowest BCUT2D eigenvalue weighted by atomic mass is 10.2. The third kappa shape index (κ3) is 5.22. The van der Waals surface area contributed by atoms with Crippen LogP contribution < -0.4 is 5.32 Å². The highest BCUT2D eigenvalue weighted by Gasteiger charge is 2.19. The predicted molar refractivity (Wildman–Crippen MR) is 79.1 cm³/mol. The second-order valence-electron chi connectivity index (χ2n) is 4.21. The molecular weight excluding hydrogens is 278 g/mol. The first-order valence-corrected chi connectivity index (χ1v) is 7.23. The largest absolute Gasteiger partial charge is 0.480 e. The summed E-state index contributed by atoms with van der Waals surface area (Å²) in [6.45, 7) is 1.92. The van der Waals surface area contributed by atoms with Crippen molar-refractivity contribution in [1.29, 1.82) is 0 Å². The molecule has 1 atom stereocenters. The molecule has 1 aromatic rings. The van der Waals surface area contributed by atoms with Crippen LogP contribution in [0.15, 0.2) is 29.2 Å². The minimum atomic E-state index is -0.838. The highest BCUT2D eigenvalue weighted by Crippen LogP contribution is 2.32. The average Bonchev–Trinajstić information content (AvgIpc) is 2.40. The number of para-hydroxylation sites is 1. The summed E-state index contributed by atoms with van der Waals surface area (Å²) in [5, 5.41) is 11.4. The van der Waals surface area contributed by atoms with Crippen LogP contribution in [0.2, 0.25) is 0 Å². The molecule has 2 N–H and O–H groups in total. The Morgan fingerprint density at radius 2 is 2.10 bits per heavy atom. The molecule has 0 aromatic heterocycles. The van der Waals surface area contributed by atoms with E-state index in [1.165, 1.54) is 18.9 Å². The minimum absolute atomic E-state index is 0.0314. The molecule has 1 rings (SSSR count). The van der Waals surface area contributed by atoms with E-state index in [-0.39, 0.29) is 12.5 Å². The first-order chi connectivity index (χ1) is 9.58. The fourth-order valence-corrected chi connectivity index (χ4v) is 2.80. The number of aliphatic carboxylic acids is 1. The number of ether oxygens (including phenoxy) is 1. The van der Waals surface area contributed by atoms with Gasteiger partial charge >= 0.3 is 5.97 Å². The van der Waals surface area contributed by atoms with E-state index < -0.39 is 11.2 Å². The van der Waals surface area contributed by atoms with Gasteiger partial charge in [-0.25, -0.2) is 0 Å². The molecular formula is C14H19NO4S. The fraction of sp³-hybridized carbons (Fsp3) is 0.429. The van der Waals surface area contributed by atoms with E-state index in [1.54, 1.807) is 18.2 Å². The number of benzene rings is 1. The smallest absolute Gasteiger partial charge is 0.316 e. The Bertz CT molecular complexity index is 464. The summed E-state index contributed by atoms with van der Waals surface area (Å²) in [5.74, 6) is -1.10. The quantitative estimate of drug-likeness (QED) is 0.721. The number of carboxylic acids is 1. The highest BCUT2D eigenvalue weighted by molar-refractivity contribution is 8.00. The molecule has 0 fully saturated rings. The van der Waals surface area contributed by atoms with Gasteiger partial charge in [-0.2, -0.15) is 0 Å². The van der Waals surface area contributed by atoms with Gasteiger partial charge in [-0.05, 0) is 18.6 Å². The van der Waals surface area contributed by atoms with Crippen LogP contribution in [0.1, 0.15) is 19.8 Å². The van der Waals surface area contributed by atoms with Gasteiger partial charge in [-0.1, -0.05) is 25.5 Å². The van der Waals surface area contributed by atoms with Crippen LogP contribution in [-0.2, 0) is 14.3 Å². The minimum Gasteiger partial charge on any atom is -0.480 e. The molecule has 0 aliphatic heterocycles. The Morgan fingerprint density at radius 3 is 2.70 bits per heavy atom. The van der Waals surface area contributed by atoms with Crippen molar-refractivity contribution in [3.8, 4) is 0 Å². The Morgan fingerprint density at radius 1 is 1.40 bits per heavy atom. The Hall–Kier alpha value is -1.53. The number of methoxy groups -OCH3 is 1. The van der Waals surface area contributed by atoms with Gasteiger partial charge in [0.2, 0.25) is 5.91 Å². The zero-order chi connectivity index (χ0) is 15.0. The van der Waals surface area contributed by atoms with Crippen molar-refractivity contribution in [3.05, 3.63) is 24.3 Å². The second-order valence-corrected chi connectivity index (χ2v) is 5.46. The molecule has 0 aliphatic rings. The fourth-order valence-electron chi connectivity index (χ4n) is 1.64. The molecule has 1 aromatic carbocycles. The molecule has 0 saturated heterocycles. The van der Waals surface area contributed by atoms with Crippen LogP contribution in [0.4, 0.5) is 5.69 Å². The first kappa shape index (κ1) is 16.5. The van der Waals surface area contributed by atoms with Crippen molar-refractivity contribution >= 4 is 29.3 Å². The Balaban J connectivity index is 2.83. The van der Waals surface area contributed by atoms with Crippen LogP contribution in [-0.4, -0.2) is 35.9 Å². The van der Waals surface area contributed by atoms with Gasteiger partial charge in [0.15, 0.2) is 0 Å². The number of amides is 1. The maximum atomic E-state index is 11.5. The number of rotatable bonds is 8. The molecule has 0 aliphatic carbocycles. The second kappa shape index (κ2) is 8.60. The highest BCUT2D eigenvalue weighted by atomic mass is 32.2. The third-order valence-electron chi connectivity index (χ3n) is 2.53. The Kier molecular flexibility index (Phi) is 7.11. The average molecular weight is 297 g/mol. The molecule has 5 nitrogen and oxygen atoms in total. The standard InChI is InChI=1S/C14H19NO4S/c1-3-6-12(14(17)18)20-11-8-5-4-7-10(11)15-13(16)9-19-2/h4-5,7-8,12H,3,6,9H2,1-2H3,(H,15,16)(H,17,18)/t12-/m0/s1. The molecule has 0 saturated carbocycles. The summed E-state index contributed by atoms with van der Waals surface area (Å²) in [4.78, 5) is 23.5. The first-order valence-electron chi connectivity index (χ1n) is 6.35. The maximum absolute atomic E-state index is 11.5. The summed E-state index contributed by atoms with van der Waals surface area (Å²) in [5.41, 5.74) is 0.613. The van der Waals surface area contributed by atoms with E-state index in [0.29, 0.717) is 12.1 Å². The number of nitrogens with one attached hydrogen (secondary N) is 1. The molecule has 110 valence electrons. The van der Waals surface area contributed by atoms with Gasteiger partial charge in [0, 0.05) is 12.0 Å². The maximum Gasteiger partial charge on any atom is 0.316 e. The number of anilines is 1. The SMILES string of the molecule is CCC[C@H](Sc1ccccc1NC(=O)COC)C(=O)O. The number of carbonyl (C=O) groups is 2. The van der Waals surface area contributed by atoms with Gasteiger partial charge in [0.05, 0.1) is 5.69 Å². The van der Waals surface area contributed by atoms with Crippen molar-refractivity contribution in [2.45, 2.75) is 29.9 Å². The Labute approximate surface area is 122 Å². The normalized spacial score (nSPS) is 11.9. The van der Waals surface area contributed by atoms with Crippen LogP contribution in [0, 0.1) is 0 Å². The summed E-state index contributed by atoms with van der Waals surface area (Å²) >= 11 is 1.25. The summed E-state index contributed by atoms with van der Waals surface area (Å²) < 4.78 is 4.76. The molecule has 0 radical (unpaired) electrons. The summed E-state index contributed by atoms with van der Waals surface area (Å²) in [6.07, 6.45) is 1.38. The van der Waals surface area contributed by atoms with Crippen molar-refractivity contribution in [2.75, 3.05) is 19.0 Å². The van der Waals surface area contributed by atoms with Crippen molar-refractivity contribution in [1.82, 2.24) is 0 Å². The van der Waals surface area contributed by atoms with Gasteiger partial charge in [-0.15, -0.1) is 11.8 Å². The molecule has 0 heterocycles. The van der Waals surface area contributed by atoms with E-state index in [4.69, 9.17) is 4.74 Å². The number of carbonyl (C=O) groups excluding carboxylic acids is 1. The van der Waals surface area contributed by atoms with Crippen molar-refractivity contribution < 1.29 is 19.4 Å². The van der Waals surface area contributed by atoms with E-state index in [1.807, 2.05) is 13.0 Å². The van der Waals surface area contributed by atoms with Gasteiger partial charge in [0.25, 0.3) is 0 Å². The number of hydrogen-bond donors (Lipinski definition) is 2. The topological polar surface area (TPSA) is 75.6 Å². The predicted octanol–water partition coefficient (Wildman–Crippen LogP) is 2.62. The molecule has 20 heavy (non-hydrogen) atoms. The van der Waals surface area contributed by atoms with E-state index >= 15 is 0 Å². The molecule has 0 spiro atoms. The number of carboxylic acid groups (broad SMARTS) is 1. The summed E-state index contributed by atoms with van der Waals surface area (Å²) in [7, 11) is 1.45. The third-order valence-corrected chi connectivity index (χ3v) is 3.86. The number of thioether (sulfide) groups is 1. The lowest BCUT2D eigenvalue weighted by Gasteiger charge is -2.14. The van der Waals surface area contributed by atoms with Crippen LogP contribution >= 0.6 is 11.8 Å². The van der Waals surface area contributed by atoms with E-state index in [2.05, 4.69) is 5.32 Å². The van der Waals surface area contributed by atoms with Crippen molar-refractivity contribution in [2.24, 2.45) is 0 Å². The lowest BCUT2D eigenvalue weighted by Crippen LogP contribution is -2.19. The monoisotopic (exact) mass is 297 g/mol. The van der Waals surface area contributed by atoms with Gasteiger partial charge < -0.3 is 15.2 Å². The zero-order valence-corrected chi connectivity index (χ0v) is 12.4. The van der Waals surface area contributed by atoms with E-state index in [9.17, 15) is 14.7 Å². The lowest BCUT2D eigenvalue weighted by molar-refractivity contribution is -0.136. The van der Waals surface area contributed by atoms with Crippen molar-refractivity contribution in [3.63, 3.8) is 0 Å². The molecule has 1 amide bonds. The molecule has 6 heteroatoms. The van der Waals surface area contributed by atoms with Gasteiger partial charge in [-0.3, -0.25) is 9.59 Å². The zero-order valence-electron chi connectivity index (χ0n) is 11.6. The number of hydrogen-bond acceptors (Lipinski definition) is 4. The van der Waals surface area contributed by atoms with Crippen LogP contribution in [0.25, 0.3) is 0 Å². The van der Waals surface area contributed by atoms with E-state index in [0.717, 1.165) is 11.3 Å².